The molecule has 0 amide bonds. The standard InChI is InChI=1S/C21H25ClFN/c1-15(12-17-8-10-19(22)11-9-17)21(16(2)14-24(3)4)18-6-5-7-20(23)13-18/h5-13,16,21H,14H2,1-4H3. The van der Waals surface area contributed by atoms with Gasteiger partial charge in [0.2, 0.25) is 0 Å². The Morgan fingerprint density at radius 2 is 1.83 bits per heavy atom. The topological polar surface area (TPSA) is 3.24 Å². The van der Waals surface area contributed by atoms with Crippen LogP contribution >= 0.6 is 11.6 Å². The van der Waals surface area contributed by atoms with Crippen LogP contribution in [0.3, 0.4) is 0 Å². The first kappa shape index (κ1) is 18.7. The minimum atomic E-state index is -0.186. The zero-order valence-corrected chi connectivity index (χ0v) is 15.5. The second-order valence-corrected chi connectivity index (χ2v) is 7.15. The molecule has 0 bridgehead atoms. The van der Waals surface area contributed by atoms with E-state index >= 15 is 0 Å². The highest BCUT2D eigenvalue weighted by Crippen LogP contribution is 2.33. The normalized spacial score (nSPS) is 14.7. The van der Waals surface area contributed by atoms with E-state index < -0.39 is 0 Å². The van der Waals surface area contributed by atoms with Gasteiger partial charge in [-0.1, -0.05) is 54.4 Å². The maximum atomic E-state index is 13.7. The van der Waals surface area contributed by atoms with Crippen molar-refractivity contribution < 1.29 is 4.39 Å². The molecule has 1 nitrogen and oxygen atoms in total. The zero-order valence-electron chi connectivity index (χ0n) is 14.8. The van der Waals surface area contributed by atoms with E-state index in [0.29, 0.717) is 5.92 Å². The summed E-state index contributed by atoms with van der Waals surface area (Å²) in [6, 6.07) is 14.7. The molecular formula is C21H25ClFN. The Balaban J connectivity index is 2.38. The van der Waals surface area contributed by atoms with Crippen molar-refractivity contribution in [2.24, 2.45) is 5.92 Å². The van der Waals surface area contributed by atoms with Crippen LogP contribution in [0.5, 0.6) is 0 Å². The van der Waals surface area contributed by atoms with Gasteiger partial charge < -0.3 is 4.90 Å². The molecule has 2 unspecified atom stereocenters. The number of benzene rings is 2. The Morgan fingerprint density at radius 3 is 2.42 bits per heavy atom. The van der Waals surface area contributed by atoms with Crippen molar-refractivity contribution in [2.45, 2.75) is 19.8 Å². The van der Waals surface area contributed by atoms with Gasteiger partial charge >= 0.3 is 0 Å². The molecule has 0 saturated carbocycles. The SMILES string of the molecule is CC(=Cc1ccc(Cl)cc1)C(c1cccc(F)c1)C(C)CN(C)C. The van der Waals surface area contributed by atoms with Gasteiger partial charge in [-0.05, 0) is 62.3 Å². The fourth-order valence-electron chi connectivity index (χ4n) is 3.33. The predicted octanol–water partition coefficient (Wildman–Crippen LogP) is 5.86. The first-order valence-corrected chi connectivity index (χ1v) is 8.58. The summed E-state index contributed by atoms with van der Waals surface area (Å²) >= 11 is 5.96. The second-order valence-electron chi connectivity index (χ2n) is 6.71. The minimum absolute atomic E-state index is 0.166. The summed E-state index contributed by atoms with van der Waals surface area (Å²) in [4.78, 5) is 2.17. The van der Waals surface area contributed by atoms with Gasteiger partial charge in [0.15, 0.2) is 0 Å². The smallest absolute Gasteiger partial charge is 0.123 e. The van der Waals surface area contributed by atoms with E-state index in [-0.39, 0.29) is 11.7 Å². The lowest BCUT2D eigenvalue weighted by atomic mass is 9.81. The van der Waals surface area contributed by atoms with E-state index in [1.165, 1.54) is 11.6 Å². The van der Waals surface area contributed by atoms with Crippen LogP contribution in [0.25, 0.3) is 6.08 Å². The molecule has 0 N–H and O–H groups in total. The Bertz CT molecular complexity index is 691. The van der Waals surface area contributed by atoms with Gasteiger partial charge in [-0.25, -0.2) is 4.39 Å². The zero-order chi connectivity index (χ0) is 17.7. The summed E-state index contributed by atoms with van der Waals surface area (Å²) in [5, 5.41) is 0.729. The van der Waals surface area contributed by atoms with Gasteiger partial charge in [-0.2, -0.15) is 0 Å². The molecular weight excluding hydrogens is 321 g/mol. The summed E-state index contributed by atoms with van der Waals surface area (Å²) in [5.41, 5.74) is 3.35. The first-order valence-electron chi connectivity index (χ1n) is 8.20. The van der Waals surface area contributed by atoms with Gasteiger partial charge in [0.1, 0.15) is 5.82 Å². The van der Waals surface area contributed by atoms with E-state index in [9.17, 15) is 4.39 Å². The highest BCUT2D eigenvalue weighted by atomic mass is 35.5. The average molecular weight is 346 g/mol. The van der Waals surface area contributed by atoms with E-state index in [4.69, 9.17) is 11.6 Å². The van der Waals surface area contributed by atoms with E-state index in [1.54, 1.807) is 12.1 Å². The lowest BCUT2D eigenvalue weighted by molar-refractivity contribution is 0.319. The maximum Gasteiger partial charge on any atom is 0.123 e. The van der Waals surface area contributed by atoms with Crippen LogP contribution in [0.2, 0.25) is 5.02 Å². The molecule has 0 fully saturated rings. The molecule has 3 heteroatoms. The molecule has 128 valence electrons. The molecule has 2 atom stereocenters. The lowest BCUT2D eigenvalue weighted by Gasteiger charge is -2.28. The summed E-state index contributed by atoms with van der Waals surface area (Å²) in [7, 11) is 4.13. The van der Waals surface area contributed by atoms with E-state index in [0.717, 1.165) is 22.7 Å². The van der Waals surface area contributed by atoms with Crippen LogP contribution in [0, 0.1) is 11.7 Å². The Morgan fingerprint density at radius 1 is 1.17 bits per heavy atom. The third-order valence-electron chi connectivity index (χ3n) is 4.18. The Kier molecular flexibility index (Phi) is 6.59. The molecule has 0 saturated heterocycles. The van der Waals surface area contributed by atoms with Gasteiger partial charge in [0.05, 0.1) is 0 Å². The van der Waals surface area contributed by atoms with Crippen LogP contribution in [0.15, 0.2) is 54.1 Å². The molecule has 0 radical (unpaired) electrons. The Hall–Kier alpha value is -1.64. The van der Waals surface area contributed by atoms with Crippen LogP contribution in [-0.4, -0.2) is 25.5 Å². The first-order chi connectivity index (χ1) is 11.4. The van der Waals surface area contributed by atoms with Crippen molar-refractivity contribution in [3.63, 3.8) is 0 Å². The number of nitrogens with zero attached hydrogens (tertiary/aromatic N) is 1. The maximum absolute atomic E-state index is 13.7. The average Bonchev–Trinajstić information content (AvgIpc) is 2.49. The summed E-state index contributed by atoms with van der Waals surface area (Å²) < 4.78 is 13.7. The monoisotopic (exact) mass is 345 g/mol. The third kappa shape index (κ3) is 5.19. The highest BCUT2D eigenvalue weighted by molar-refractivity contribution is 6.30. The minimum Gasteiger partial charge on any atom is -0.309 e. The van der Waals surface area contributed by atoms with Crippen molar-refractivity contribution in [1.82, 2.24) is 4.90 Å². The van der Waals surface area contributed by atoms with Gasteiger partial charge in [-0.15, -0.1) is 0 Å². The molecule has 0 aromatic heterocycles. The lowest BCUT2D eigenvalue weighted by Crippen LogP contribution is -2.25. The van der Waals surface area contributed by atoms with Crippen molar-refractivity contribution in [3.05, 3.63) is 76.1 Å². The number of halogens is 2. The van der Waals surface area contributed by atoms with Crippen molar-refractivity contribution >= 4 is 17.7 Å². The fraction of sp³-hybridized carbons (Fsp3) is 0.333. The van der Waals surface area contributed by atoms with Gasteiger partial charge in [0.25, 0.3) is 0 Å². The molecule has 2 rings (SSSR count). The molecule has 2 aromatic rings. The van der Waals surface area contributed by atoms with Crippen molar-refractivity contribution in [1.29, 1.82) is 0 Å². The van der Waals surface area contributed by atoms with Gasteiger partial charge in [-0.3, -0.25) is 0 Å². The number of allylic oxidation sites excluding steroid dienone is 1. The van der Waals surface area contributed by atoms with Crippen molar-refractivity contribution in [2.75, 3.05) is 20.6 Å². The summed E-state index contributed by atoms with van der Waals surface area (Å²) in [5.74, 6) is 0.345. The summed E-state index contributed by atoms with van der Waals surface area (Å²) in [6.07, 6.45) is 2.16. The van der Waals surface area contributed by atoms with Crippen LogP contribution in [0.4, 0.5) is 4.39 Å². The molecule has 0 aliphatic carbocycles. The number of hydrogen-bond acceptors (Lipinski definition) is 1. The third-order valence-corrected chi connectivity index (χ3v) is 4.44. The Labute approximate surface area is 149 Å². The van der Waals surface area contributed by atoms with Crippen molar-refractivity contribution in [3.8, 4) is 0 Å². The predicted molar refractivity (Wildman–Crippen MR) is 102 cm³/mol. The van der Waals surface area contributed by atoms with E-state index in [2.05, 4.69) is 38.9 Å². The molecule has 2 aromatic carbocycles. The number of hydrogen-bond donors (Lipinski definition) is 0. The van der Waals surface area contributed by atoms with Crippen LogP contribution in [-0.2, 0) is 0 Å². The quantitative estimate of drug-likeness (QED) is 0.633. The summed E-state index contributed by atoms with van der Waals surface area (Å²) in [6.45, 7) is 5.28. The van der Waals surface area contributed by atoms with Crippen LogP contribution < -0.4 is 0 Å². The van der Waals surface area contributed by atoms with E-state index in [1.807, 2.05) is 30.3 Å². The molecule has 0 aliphatic heterocycles. The second kappa shape index (κ2) is 8.46. The fourth-order valence-corrected chi connectivity index (χ4v) is 3.46. The van der Waals surface area contributed by atoms with Gasteiger partial charge in [0, 0.05) is 17.5 Å². The molecule has 0 aliphatic rings. The highest BCUT2D eigenvalue weighted by Gasteiger charge is 2.22. The number of rotatable bonds is 6. The van der Waals surface area contributed by atoms with Crippen LogP contribution in [0.1, 0.15) is 30.9 Å². The molecule has 24 heavy (non-hydrogen) atoms. The molecule has 0 spiro atoms. The largest absolute Gasteiger partial charge is 0.309 e. The molecule has 0 heterocycles.